The van der Waals surface area contributed by atoms with Crippen molar-refractivity contribution in [1.82, 2.24) is 25.0 Å². The number of nitrogens with zero attached hydrogens (tertiary/aromatic N) is 5. The van der Waals surface area contributed by atoms with Gasteiger partial charge >= 0.3 is 0 Å². The van der Waals surface area contributed by atoms with Crippen molar-refractivity contribution in [2.45, 2.75) is 31.2 Å². The van der Waals surface area contributed by atoms with E-state index in [-0.39, 0.29) is 25.0 Å². The lowest BCUT2D eigenvalue weighted by Gasteiger charge is -2.20. The standard InChI is InChI=1S/C27H27F2N7O/c1-35-23-11-18(3-2-17(23)10-24(35)27(37)36-14-21(28)22(29)15-36)26-30-9-8-25(34-26)33-20-6-4-16(5-7-20)19-12-31-32-13-19/h2-6,10-13,20-22H,7-9,14-15H2,1H3,(H,31,32)(H,30,33,34). The Morgan fingerprint density at radius 2 is 2.00 bits per heavy atom. The minimum Gasteiger partial charge on any atom is -0.340 e. The first-order chi connectivity index (χ1) is 18.0. The summed E-state index contributed by atoms with van der Waals surface area (Å²) in [5.41, 5.74) is 4.33. The van der Waals surface area contributed by atoms with E-state index in [0.717, 1.165) is 52.1 Å². The zero-order valence-electron chi connectivity index (χ0n) is 20.4. The number of aromatic amines is 1. The highest BCUT2D eigenvalue weighted by Gasteiger charge is 2.36. The number of hydrogen-bond acceptors (Lipinski definition) is 4. The zero-order valence-corrected chi connectivity index (χ0v) is 20.4. The smallest absolute Gasteiger partial charge is 0.270 e. The summed E-state index contributed by atoms with van der Waals surface area (Å²) in [4.78, 5) is 23.7. The molecule has 1 saturated heterocycles. The third kappa shape index (κ3) is 4.47. The Morgan fingerprint density at radius 1 is 1.16 bits per heavy atom. The number of alkyl halides is 2. The molecular weight excluding hydrogens is 476 g/mol. The summed E-state index contributed by atoms with van der Waals surface area (Å²) in [7, 11) is 1.79. The van der Waals surface area contributed by atoms with Crippen LogP contribution in [0.3, 0.4) is 0 Å². The number of likely N-dealkylation sites (tertiary alicyclic amines) is 1. The van der Waals surface area contributed by atoms with Crippen LogP contribution in [0.1, 0.15) is 34.5 Å². The van der Waals surface area contributed by atoms with Crippen molar-refractivity contribution in [2.75, 3.05) is 19.6 Å². The number of allylic oxidation sites excluding steroid dienone is 2. The largest absolute Gasteiger partial charge is 0.340 e. The number of fused-ring (bicyclic) bond motifs is 1. The van der Waals surface area contributed by atoms with Crippen LogP contribution in [-0.2, 0) is 7.05 Å². The Bertz CT molecular complexity index is 1460. The third-order valence-electron chi connectivity index (χ3n) is 7.12. The topological polar surface area (TPSA) is 90.7 Å². The molecule has 2 aliphatic heterocycles. The van der Waals surface area contributed by atoms with E-state index in [1.165, 1.54) is 4.90 Å². The average molecular weight is 504 g/mol. The summed E-state index contributed by atoms with van der Waals surface area (Å²) in [5.74, 6) is 1.25. The molecule has 3 aliphatic rings. The number of hydrogen-bond donors (Lipinski definition) is 2. The van der Waals surface area contributed by atoms with Crippen LogP contribution in [0.25, 0.3) is 16.5 Å². The van der Waals surface area contributed by atoms with E-state index in [9.17, 15) is 13.6 Å². The van der Waals surface area contributed by atoms with Crippen LogP contribution in [0, 0.1) is 0 Å². The van der Waals surface area contributed by atoms with E-state index in [1.807, 2.05) is 24.4 Å². The summed E-state index contributed by atoms with van der Waals surface area (Å²) >= 11 is 0. The number of aromatic nitrogens is 3. The fourth-order valence-corrected chi connectivity index (χ4v) is 5.04. The average Bonchev–Trinajstić information content (AvgIpc) is 3.64. The summed E-state index contributed by atoms with van der Waals surface area (Å²) in [6.45, 7) is 0.199. The fraction of sp³-hybridized carbons (Fsp3) is 0.333. The Morgan fingerprint density at radius 3 is 2.73 bits per heavy atom. The van der Waals surface area contributed by atoms with Crippen molar-refractivity contribution in [3.8, 4) is 0 Å². The van der Waals surface area contributed by atoms with Gasteiger partial charge in [0.1, 0.15) is 17.4 Å². The van der Waals surface area contributed by atoms with Crippen molar-refractivity contribution >= 4 is 34.1 Å². The molecule has 8 nitrogen and oxygen atoms in total. The van der Waals surface area contributed by atoms with Crippen molar-refractivity contribution in [1.29, 1.82) is 0 Å². The second-order valence-electron chi connectivity index (χ2n) is 9.59. The molecular formula is C27H27F2N7O. The van der Waals surface area contributed by atoms with Gasteiger partial charge < -0.3 is 14.8 Å². The third-order valence-corrected chi connectivity index (χ3v) is 7.12. The molecule has 37 heavy (non-hydrogen) atoms. The van der Waals surface area contributed by atoms with Gasteiger partial charge in [-0.1, -0.05) is 30.4 Å². The Labute approximate surface area is 212 Å². The van der Waals surface area contributed by atoms with E-state index in [1.54, 1.807) is 23.9 Å². The maximum absolute atomic E-state index is 13.6. The molecule has 190 valence electrons. The highest BCUT2D eigenvalue weighted by atomic mass is 19.2. The predicted molar refractivity (Wildman–Crippen MR) is 139 cm³/mol. The summed E-state index contributed by atoms with van der Waals surface area (Å²) in [6, 6.07) is 7.69. The molecule has 3 unspecified atom stereocenters. The second-order valence-corrected chi connectivity index (χ2v) is 9.59. The molecule has 10 heteroatoms. The Kier molecular flexibility index (Phi) is 5.94. The lowest BCUT2D eigenvalue weighted by atomic mass is 9.99. The minimum absolute atomic E-state index is 0.0554. The van der Waals surface area contributed by atoms with E-state index < -0.39 is 12.3 Å². The molecule has 4 heterocycles. The number of benzene rings is 1. The molecule has 0 radical (unpaired) electrons. The lowest BCUT2D eigenvalue weighted by Crippen LogP contribution is -2.36. The van der Waals surface area contributed by atoms with Gasteiger partial charge in [-0.3, -0.25) is 19.9 Å². The van der Waals surface area contributed by atoms with Crippen molar-refractivity contribution in [3.05, 3.63) is 71.7 Å². The van der Waals surface area contributed by atoms with Gasteiger partial charge in [-0.2, -0.15) is 5.10 Å². The highest BCUT2D eigenvalue weighted by molar-refractivity contribution is 6.12. The molecule has 1 aliphatic carbocycles. The molecule has 1 aromatic carbocycles. The molecule has 1 amide bonds. The van der Waals surface area contributed by atoms with Gasteiger partial charge in [-0.25, -0.2) is 8.78 Å². The number of H-pyrrole nitrogens is 1. The van der Waals surface area contributed by atoms with E-state index in [0.29, 0.717) is 12.2 Å². The number of amides is 1. The maximum Gasteiger partial charge on any atom is 0.270 e. The van der Waals surface area contributed by atoms with Gasteiger partial charge in [0.25, 0.3) is 5.91 Å². The highest BCUT2D eigenvalue weighted by Crippen LogP contribution is 2.25. The van der Waals surface area contributed by atoms with Gasteiger partial charge in [-0.15, -0.1) is 0 Å². The quantitative estimate of drug-likeness (QED) is 0.570. The SMILES string of the molecule is Cn1c(C(=O)N2CC(F)C(F)C2)cc2ccc(C3=NCCC(=NC4C=CC(c5cn[nH]c5)=CC4)N3)cc21. The first-order valence-corrected chi connectivity index (χ1v) is 12.4. The van der Waals surface area contributed by atoms with Gasteiger partial charge in [0.05, 0.1) is 25.3 Å². The zero-order chi connectivity index (χ0) is 25.5. The Balaban J connectivity index is 1.18. The number of aryl methyl sites for hydroxylation is 1. The van der Waals surface area contributed by atoms with Crippen LogP contribution in [0.2, 0.25) is 0 Å². The first kappa shape index (κ1) is 23.3. The number of rotatable bonds is 4. The predicted octanol–water partition coefficient (Wildman–Crippen LogP) is 3.58. The van der Waals surface area contributed by atoms with Gasteiger partial charge in [0.2, 0.25) is 0 Å². The molecule has 3 aromatic rings. The normalized spacial score (nSPS) is 24.9. The van der Waals surface area contributed by atoms with Crippen LogP contribution in [0.4, 0.5) is 8.78 Å². The molecule has 0 saturated carbocycles. The maximum atomic E-state index is 13.6. The number of amidine groups is 2. The summed E-state index contributed by atoms with van der Waals surface area (Å²) in [6.07, 6.45) is 8.32. The molecule has 3 atom stereocenters. The monoisotopic (exact) mass is 503 g/mol. The summed E-state index contributed by atoms with van der Waals surface area (Å²) in [5, 5.41) is 11.1. The van der Waals surface area contributed by atoms with Gasteiger partial charge in [0.15, 0.2) is 12.3 Å². The number of nitrogens with one attached hydrogen (secondary N) is 2. The fourth-order valence-electron chi connectivity index (χ4n) is 5.04. The Hall–Kier alpha value is -4.08. The minimum atomic E-state index is -1.63. The van der Waals surface area contributed by atoms with Crippen molar-refractivity contribution in [3.63, 3.8) is 0 Å². The number of halogens is 2. The van der Waals surface area contributed by atoms with E-state index in [2.05, 4.69) is 38.7 Å². The van der Waals surface area contributed by atoms with E-state index in [4.69, 9.17) is 4.99 Å². The molecule has 2 N–H and O–H groups in total. The van der Waals surface area contributed by atoms with Crippen LogP contribution in [0.15, 0.2) is 64.9 Å². The molecule has 0 spiro atoms. The van der Waals surface area contributed by atoms with Crippen LogP contribution in [0.5, 0.6) is 0 Å². The van der Waals surface area contributed by atoms with Gasteiger partial charge in [-0.05, 0) is 24.1 Å². The molecule has 2 aromatic heterocycles. The van der Waals surface area contributed by atoms with Crippen LogP contribution >= 0.6 is 0 Å². The molecule has 1 fully saturated rings. The van der Waals surface area contributed by atoms with Crippen LogP contribution < -0.4 is 5.32 Å². The number of carbonyl (C=O) groups excluding carboxylic acids is 1. The van der Waals surface area contributed by atoms with Crippen LogP contribution in [-0.4, -0.2) is 75.3 Å². The number of aliphatic imine (C=N–C) groups is 2. The molecule has 6 rings (SSSR count). The van der Waals surface area contributed by atoms with Gasteiger partial charge in [0, 0.05) is 48.2 Å². The second kappa shape index (κ2) is 9.42. The van der Waals surface area contributed by atoms with Crippen molar-refractivity contribution < 1.29 is 13.6 Å². The summed E-state index contributed by atoms with van der Waals surface area (Å²) < 4.78 is 29.1. The lowest BCUT2D eigenvalue weighted by molar-refractivity contribution is 0.0770. The number of carbonyl (C=O) groups is 1. The molecule has 0 bridgehead atoms. The van der Waals surface area contributed by atoms with E-state index >= 15 is 0 Å². The van der Waals surface area contributed by atoms with Crippen molar-refractivity contribution in [2.24, 2.45) is 17.0 Å². The first-order valence-electron chi connectivity index (χ1n) is 12.4.